The van der Waals surface area contributed by atoms with Crippen LogP contribution in [0.25, 0.3) is 0 Å². The van der Waals surface area contributed by atoms with Crippen molar-refractivity contribution in [3.05, 3.63) is 63.4 Å². The van der Waals surface area contributed by atoms with Gasteiger partial charge in [-0.1, -0.05) is 17.7 Å². The second-order valence-electron chi connectivity index (χ2n) is 5.15. The second kappa shape index (κ2) is 7.64. The van der Waals surface area contributed by atoms with Crippen molar-refractivity contribution in [2.75, 3.05) is 6.61 Å². The van der Waals surface area contributed by atoms with Gasteiger partial charge in [-0.25, -0.2) is 4.39 Å². The Labute approximate surface area is 147 Å². The van der Waals surface area contributed by atoms with Crippen molar-refractivity contribution in [3.8, 4) is 11.8 Å². The van der Waals surface area contributed by atoms with Gasteiger partial charge in [0.2, 0.25) is 5.91 Å². The first kappa shape index (κ1) is 18.2. The number of nitrogens with two attached hydrogens (primary N) is 2. The number of carbonyl (C=O) groups is 2. The highest BCUT2D eigenvalue weighted by Crippen LogP contribution is 2.27. The van der Waals surface area contributed by atoms with Gasteiger partial charge in [0, 0.05) is 12.0 Å². The van der Waals surface area contributed by atoms with Crippen molar-refractivity contribution in [1.29, 1.82) is 5.26 Å². The molecular formula is C17H13ClFN3O3. The Bertz CT molecular complexity index is 893. The molecule has 8 heteroatoms. The number of nitriles is 1. The maximum atomic E-state index is 13.8. The van der Waals surface area contributed by atoms with Gasteiger partial charge in [0.1, 0.15) is 11.6 Å². The molecular weight excluding hydrogens is 349 g/mol. The zero-order valence-electron chi connectivity index (χ0n) is 12.9. The highest BCUT2D eigenvalue weighted by molar-refractivity contribution is 6.31. The highest BCUT2D eigenvalue weighted by atomic mass is 35.5. The van der Waals surface area contributed by atoms with Crippen molar-refractivity contribution < 1.29 is 18.7 Å². The van der Waals surface area contributed by atoms with Crippen LogP contribution in [0.2, 0.25) is 5.02 Å². The predicted octanol–water partition coefficient (Wildman–Crippen LogP) is 1.90. The molecule has 25 heavy (non-hydrogen) atoms. The molecule has 2 amide bonds. The van der Waals surface area contributed by atoms with Crippen LogP contribution in [-0.2, 0) is 11.2 Å². The third kappa shape index (κ3) is 4.46. The number of nitrogens with zero attached hydrogens (tertiary/aromatic N) is 1. The van der Waals surface area contributed by atoms with Gasteiger partial charge in [0.15, 0.2) is 6.61 Å². The van der Waals surface area contributed by atoms with Crippen molar-refractivity contribution in [2.24, 2.45) is 11.5 Å². The van der Waals surface area contributed by atoms with E-state index in [4.69, 9.17) is 33.1 Å². The van der Waals surface area contributed by atoms with Crippen LogP contribution in [0.15, 0.2) is 30.3 Å². The van der Waals surface area contributed by atoms with E-state index in [-0.39, 0.29) is 29.4 Å². The summed E-state index contributed by atoms with van der Waals surface area (Å²) in [7, 11) is 0. The lowest BCUT2D eigenvalue weighted by Crippen LogP contribution is -2.20. The van der Waals surface area contributed by atoms with Crippen LogP contribution in [0.3, 0.4) is 0 Å². The molecule has 0 bridgehead atoms. The summed E-state index contributed by atoms with van der Waals surface area (Å²) in [6, 6.07) is 8.74. The van der Waals surface area contributed by atoms with Crippen molar-refractivity contribution in [2.45, 2.75) is 6.42 Å². The highest BCUT2D eigenvalue weighted by Gasteiger charge is 2.16. The minimum Gasteiger partial charge on any atom is -0.483 e. The van der Waals surface area contributed by atoms with E-state index >= 15 is 0 Å². The summed E-state index contributed by atoms with van der Waals surface area (Å²) in [5, 5.41) is 8.76. The molecule has 0 spiro atoms. The molecule has 128 valence electrons. The topological polar surface area (TPSA) is 119 Å². The van der Waals surface area contributed by atoms with E-state index in [1.165, 1.54) is 12.1 Å². The lowest BCUT2D eigenvalue weighted by Gasteiger charge is -2.13. The van der Waals surface area contributed by atoms with Gasteiger partial charge >= 0.3 is 0 Å². The number of ether oxygens (including phenoxy) is 1. The fourth-order valence-electron chi connectivity index (χ4n) is 2.22. The van der Waals surface area contributed by atoms with Crippen molar-refractivity contribution in [3.63, 3.8) is 0 Å². The number of amides is 2. The average Bonchev–Trinajstić information content (AvgIpc) is 2.56. The summed E-state index contributed by atoms with van der Waals surface area (Å²) in [5.41, 5.74) is 11.6. The first-order valence-electron chi connectivity index (χ1n) is 7.03. The van der Waals surface area contributed by atoms with E-state index < -0.39 is 17.6 Å². The van der Waals surface area contributed by atoms with Gasteiger partial charge in [-0.15, -0.1) is 0 Å². The summed E-state index contributed by atoms with van der Waals surface area (Å²) in [6.07, 6.45) is 0.0756. The summed E-state index contributed by atoms with van der Waals surface area (Å²) < 4.78 is 19.1. The van der Waals surface area contributed by atoms with Crippen LogP contribution < -0.4 is 16.2 Å². The molecule has 2 rings (SSSR count). The van der Waals surface area contributed by atoms with Gasteiger partial charge in [-0.05, 0) is 35.4 Å². The standard InChI is InChI=1S/C17H13ClFN3O3/c18-13-6-12(17(22)24)11(5-14(13)19)4-10-2-1-9(7-20)3-15(10)25-8-16(21)23/h1-3,5-6H,4,8H2,(H2,21,23)(H2,22,24). The lowest BCUT2D eigenvalue weighted by atomic mass is 9.97. The monoisotopic (exact) mass is 361 g/mol. The van der Waals surface area contributed by atoms with E-state index in [0.29, 0.717) is 16.7 Å². The van der Waals surface area contributed by atoms with Crippen LogP contribution in [0.4, 0.5) is 4.39 Å². The normalized spacial score (nSPS) is 10.1. The van der Waals surface area contributed by atoms with Gasteiger partial charge in [-0.2, -0.15) is 5.26 Å². The summed E-state index contributed by atoms with van der Waals surface area (Å²) in [4.78, 5) is 22.5. The van der Waals surface area contributed by atoms with Gasteiger partial charge in [0.05, 0.1) is 16.7 Å². The average molecular weight is 362 g/mol. The number of carbonyl (C=O) groups excluding carboxylic acids is 2. The van der Waals surface area contributed by atoms with E-state index in [9.17, 15) is 14.0 Å². The number of rotatable bonds is 6. The van der Waals surface area contributed by atoms with E-state index in [0.717, 1.165) is 12.1 Å². The number of hydrogen-bond donors (Lipinski definition) is 2. The molecule has 0 fully saturated rings. The molecule has 0 atom stereocenters. The Balaban J connectivity index is 2.46. The number of primary amides is 2. The van der Waals surface area contributed by atoms with Crippen LogP contribution in [0.5, 0.6) is 5.75 Å². The molecule has 2 aromatic rings. The second-order valence-corrected chi connectivity index (χ2v) is 5.56. The van der Waals surface area contributed by atoms with Gasteiger partial charge in [0.25, 0.3) is 5.91 Å². The fraction of sp³-hybridized carbons (Fsp3) is 0.118. The van der Waals surface area contributed by atoms with E-state index in [1.807, 2.05) is 6.07 Å². The molecule has 4 N–H and O–H groups in total. The molecule has 0 aliphatic carbocycles. The van der Waals surface area contributed by atoms with Crippen LogP contribution >= 0.6 is 11.6 Å². The first-order chi connectivity index (χ1) is 11.8. The summed E-state index contributed by atoms with van der Waals surface area (Å²) >= 11 is 5.69. The first-order valence-corrected chi connectivity index (χ1v) is 7.41. The molecule has 0 saturated carbocycles. The molecule has 0 saturated heterocycles. The third-order valence-electron chi connectivity index (χ3n) is 3.36. The maximum absolute atomic E-state index is 13.8. The van der Waals surface area contributed by atoms with E-state index in [2.05, 4.69) is 0 Å². The minimum atomic E-state index is -0.759. The van der Waals surface area contributed by atoms with Crippen LogP contribution in [-0.4, -0.2) is 18.4 Å². The Kier molecular flexibility index (Phi) is 5.57. The zero-order valence-corrected chi connectivity index (χ0v) is 13.6. The Morgan fingerprint density at radius 3 is 2.52 bits per heavy atom. The molecule has 0 heterocycles. The molecule has 0 aliphatic rings. The SMILES string of the molecule is N#Cc1ccc(Cc2cc(F)c(Cl)cc2C(N)=O)c(OCC(N)=O)c1. The smallest absolute Gasteiger partial charge is 0.255 e. The Hall–Kier alpha value is -3.11. The number of halogens is 2. The lowest BCUT2D eigenvalue weighted by molar-refractivity contribution is -0.119. The Morgan fingerprint density at radius 2 is 1.92 bits per heavy atom. The number of hydrogen-bond acceptors (Lipinski definition) is 4. The fourth-order valence-corrected chi connectivity index (χ4v) is 2.39. The molecule has 2 aromatic carbocycles. The molecule has 0 unspecified atom stereocenters. The van der Waals surface area contributed by atoms with Gasteiger partial charge in [-0.3, -0.25) is 9.59 Å². The largest absolute Gasteiger partial charge is 0.483 e. The molecule has 0 aromatic heterocycles. The van der Waals surface area contributed by atoms with Crippen molar-refractivity contribution in [1.82, 2.24) is 0 Å². The quantitative estimate of drug-likeness (QED) is 0.816. The molecule has 0 aliphatic heterocycles. The number of benzene rings is 2. The van der Waals surface area contributed by atoms with Gasteiger partial charge < -0.3 is 16.2 Å². The summed E-state index contributed by atoms with van der Waals surface area (Å²) in [5.74, 6) is -1.92. The van der Waals surface area contributed by atoms with Crippen LogP contribution in [0.1, 0.15) is 27.0 Å². The maximum Gasteiger partial charge on any atom is 0.255 e. The van der Waals surface area contributed by atoms with Crippen LogP contribution in [0, 0.1) is 17.1 Å². The summed E-state index contributed by atoms with van der Waals surface area (Å²) in [6.45, 7) is -0.389. The minimum absolute atomic E-state index is 0.0663. The predicted molar refractivity (Wildman–Crippen MR) is 88.6 cm³/mol. The Morgan fingerprint density at radius 1 is 1.20 bits per heavy atom. The van der Waals surface area contributed by atoms with E-state index in [1.54, 1.807) is 6.07 Å². The van der Waals surface area contributed by atoms with Crippen molar-refractivity contribution >= 4 is 23.4 Å². The third-order valence-corrected chi connectivity index (χ3v) is 3.65. The zero-order chi connectivity index (χ0) is 18.6. The molecule has 6 nitrogen and oxygen atoms in total. The molecule has 0 radical (unpaired) electrons.